The molecule has 64 heavy (non-hydrogen) atoms. The third kappa shape index (κ3) is 4.90. The number of thiophene rings is 1. The van der Waals surface area contributed by atoms with E-state index in [-0.39, 0.29) is 0 Å². The van der Waals surface area contributed by atoms with Gasteiger partial charge in [0.15, 0.2) is 0 Å². The predicted octanol–water partition coefficient (Wildman–Crippen LogP) is 17.1. The number of rotatable bonds is 4. The SMILES string of the molecule is c1ccc(-c2ccccc2N(c2ccc3c(c2)-c2ccccc2-c2ccccc2C32c3ccccc3-c3cc4c(cc32)sc2ccccc24)c2ccc3c(c2)oc2ccccc23)cc1. The fraction of sp³-hybridized carbons (Fsp3) is 0.0164. The Morgan fingerprint density at radius 1 is 0.328 bits per heavy atom. The van der Waals surface area contributed by atoms with E-state index in [9.17, 15) is 0 Å². The lowest BCUT2D eigenvalue weighted by molar-refractivity contribution is 0.669. The molecule has 1 atom stereocenters. The van der Waals surface area contributed by atoms with Gasteiger partial charge >= 0.3 is 0 Å². The number of fused-ring (bicyclic) bond motifs is 18. The van der Waals surface area contributed by atoms with Crippen molar-refractivity contribution in [3.05, 3.63) is 247 Å². The highest BCUT2D eigenvalue weighted by Gasteiger charge is 2.50. The van der Waals surface area contributed by atoms with Crippen molar-refractivity contribution in [2.45, 2.75) is 5.41 Å². The normalized spacial score (nSPS) is 14.6. The van der Waals surface area contributed by atoms with E-state index in [1.165, 1.54) is 75.8 Å². The summed E-state index contributed by atoms with van der Waals surface area (Å²) in [4.78, 5) is 2.43. The van der Waals surface area contributed by atoms with Crippen LogP contribution < -0.4 is 4.90 Å². The zero-order valence-corrected chi connectivity index (χ0v) is 35.4. The first-order valence-electron chi connectivity index (χ1n) is 22.0. The summed E-state index contributed by atoms with van der Waals surface area (Å²) in [5.74, 6) is 0. The monoisotopic (exact) mass is 831 g/mol. The van der Waals surface area contributed by atoms with Crippen LogP contribution in [0.1, 0.15) is 22.3 Å². The molecule has 0 fully saturated rings. The van der Waals surface area contributed by atoms with Gasteiger partial charge in [-0.15, -0.1) is 11.3 Å². The summed E-state index contributed by atoms with van der Waals surface area (Å²) in [5, 5.41) is 4.87. The molecular weight excluding hydrogens is 795 g/mol. The number of para-hydroxylation sites is 2. The van der Waals surface area contributed by atoms with Crippen LogP contribution in [0.25, 0.3) is 86.6 Å². The maximum absolute atomic E-state index is 6.57. The molecule has 14 rings (SSSR count). The van der Waals surface area contributed by atoms with Crippen LogP contribution in [-0.4, -0.2) is 0 Å². The summed E-state index contributed by atoms with van der Waals surface area (Å²) in [6.07, 6.45) is 0. The van der Waals surface area contributed by atoms with E-state index in [1.807, 2.05) is 17.4 Å². The van der Waals surface area contributed by atoms with Gasteiger partial charge in [0, 0.05) is 53.9 Å². The summed E-state index contributed by atoms with van der Waals surface area (Å²) in [6.45, 7) is 0. The summed E-state index contributed by atoms with van der Waals surface area (Å²) >= 11 is 1.90. The van der Waals surface area contributed by atoms with Gasteiger partial charge in [-0.3, -0.25) is 0 Å². The highest BCUT2D eigenvalue weighted by Crippen LogP contribution is 2.63. The van der Waals surface area contributed by atoms with Crippen molar-refractivity contribution < 1.29 is 4.42 Å². The zero-order valence-electron chi connectivity index (χ0n) is 34.6. The number of hydrogen-bond donors (Lipinski definition) is 0. The fourth-order valence-corrected chi connectivity index (χ4v) is 12.4. The molecule has 12 aromatic rings. The number of nitrogens with zero attached hydrogens (tertiary/aromatic N) is 1. The van der Waals surface area contributed by atoms with E-state index in [0.29, 0.717) is 0 Å². The van der Waals surface area contributed by atoms with Gasteiger partial charge in [-0.25, -0.2) is 0 Å². The van der Waals surface area contributed by atoms with Gasteiger partial charge < -0.3 is 9.32 Å². The Balaban J connectivity index is 1.09. The van der Waals surface area contributed by atoms with Crippen LogP contribution in [0.15, 0.2) is 229 Å². The molecule has 0 N–H and O–H groups in total. The summed E-state index contributed by atoms with van der Waals surface area (Å²) in [6, 6.07) is 83.1. The van der Waals surface area contributed by atoms with Crippen LogP contribution in [0.3, 0.4) is 0 Å². The van der Waals surface area contributed by atoms with Crippen LogP contribution in [0.4, 0.5) is 17.1 Å². The van der Waals surface area contributed by atoms with Crippen molar-refractivity contribution in [2.75, 3.05) is 4.90 Å². The number of anilines is 3. The molecule has 2 aliphatic carbocycles. The summed E-state index contributed by atoms with van der Waals surface area (Å²) < 4.78 is 9.21. The molecule has 0 saturated heterocycles. The fourth-order valence-electron chi connectivity index (χ4n) is 11.3. The third-order valence-electron chi connectivity index (χ3n) is 13.9. The zero-order chi connectivity index (χ0) is 41.9. The van der Waals surface area contributed by atoms with Crippen LogP contribution >= 0.6 is 11.3 Å². The number of furan rings is 1. The van der Waals surface area contributed by atoms with E-state index in [1.54, 1.807) is 0 Å². The molecule has 1 unspecified atom stereocenters. The molecule has 0 bridgehead atoms. The molecule has 1 spiro atoms. The van der Waals surface area contributed by atoms with Crippen molar-refractivity contribution in [3.63, 3.8) is 0 Å². The second kappa shape index (κ2) is 13.5. The van der Waals surface area contributed by atoms with Crippen molar-refractivity contribution >= 4 is 70.5 Å². The smallest absolute Gasteiger partial charge is 0.137 e. The lowest BCUT2D eigenvalue weighted by Crippen LogP contribution is -2.29. The lowest BCUT2D eigenvalue weighted by atomic mass is 9.66. The average molecular weight is 832 g/mol. The Morgan fingerprint density at radius 2 is 0.891 bits per heavy atom. The maximum Gasteiger partial charge on any atom is 0.137 e. The van der Waals surface area contributed by atoms with Gasteiger partial charge in [0.05, 0.1) is 11.1 Å². The quantitative estimate of drug-likeness (QED) is 0.176. The van der Waals surface area contributed by atoms with Crippen molar-refractivity contribution in [1.29, 1.82) is 0 Å². The maximum atomic E-state index is 6.57. The summed E-state index contributed by atoms with van der Waals surface area (Å²) in [5.41, 5.74) is 19.4. The molecule has 2 aliphatic rings. The van der Waals surface area contributed by atoms with Crippen molar-refractivity contribution in [3.8, 4) is 44.5 Å². The van der Waals surface area contributed by atoms with Gasteiger partial charge in [0.1, 0.15) is 11.2 Å². The second-order valence-corrected chi connectivity index (χ2v) is 18.2. The largest absolute Gasteiger partial charge is 0.456 e. The van der Waals surface area contributed by atoms with E-state index < -0.39 is 5.41 Å². The molecule has 0 saturated carbocycles. The Bertz CT molecular complexity index is 3870. The van der Waals surface area contributed by atoms with Crippen LogP contribution in [-0.2, 0) is 5.41 Å². The Kier molecular flexibility index (Phi) is 7.51. The van der Waals surface area contributed by atoms with Gasteiger partial charge in [-0.2, -0.15) is 0 Å². The number of benzene rings is 10. The first-order valence-corrected chi connectivity index (χ1v) is 22.8. The topological polar surface area (TPSA) is 16.4 Å². The van der Waals surface area contributed by atoms with E-state index >= 15 is 0 Å². The van der Waals surface area contributed by atoms with Gasteiger partial charge in [-0.1, -0.05) is 164 Å². The molecule has 10 aromatic carbocycles. The predicted molar refractivity (Wildman–Crippen MR) is 268 cm³/mol. The summed E-state index contributed by atoms with van der Waals surface area (Å²) in [7, 11) is 0. The minimum atomic E-state index is -0.597. The molecule has 3 heteroatoms. The minimum Gasteiger partial charge on any atom is -0.456 e. The third-order valence-corrected chi connectivity index (χ3v) is 15.0. The average Bonchev–Trinajstić information content (AvgIpc) is 3.99. The second-order valence-electron chi connectivity index (χ2n) is 17.1. The molecule has 0 radical (unpaired) electrons. The van der Waals surface area contributed by atoms with Crippen molar-refractivity contribution in [2.24, 2.45) is 0 Å². The molecule has 298 valence electrons. The van der Waals surface area contributed by atoms with Gasteiger partial charge in [-0.05, 0) is 116 Å². The lowest BCUT2D eigenvalue weighted by Gasteiger charge is -2.36. The first-order chi connectivity index (χ1) is 31.7. The molecule has 0 aliphatic heterocycles. The van der Waals surface area contributed by atoms with E-state index in [0.717, 1.165) is 50.1 Å². The Hall–Kier alpha value is -7.98. The van der Waals surface area contributed by atoms with Crippen LogP contribution in [0.2, 0.25) is 0 Å². The Morgan fingerprint density at radius 3 is 1.70 bits per heavy atom. The highest BCUT2D eigenvalue weighted by atomic mass is 32.1. The standard InChI is InChI=1S/C61H37NOS/c1-2-16-38(17-3-1)41-18-8-13-27-56(41)62(40-30-32-47-46-23-9-14-28-57(46)63-58(47)35-40)39-31-33-54-49(34-39)43-20-5-4-19-42(43)44-21-6-11-25-52(44)61(54)53-26-12-7-22-45(53)50-36-51-48-24-10-15-29-59(48)64-60(51)37-55(50)61/h1-37H. The van der Waals surface area contributed by atoms with Gasteiger partial charge in [0.25, 0.3) is 0 Å². The Labute approximate surface area is 374 Å². The minimum absolute atomic E-state index is 0.597. The number of hydrogen-bond acceptors (Lipinski definition) is 3. The molecule has 2 heterocycles. The van der Waals surface area contributed by atoms with E-state index in [2.05, 4.69) is 223 Å². The van der Waals surface area contributed by atoms with Crippen molar-refractivity contribution in [1.82, 2.24) is 0 Å². The molecule has 2 aromatic heterocycles. The van der Waals surface area contributed by atoms with Gasteiger partial charge in [0.2, 0.25) is 0 Å². The van der Waals surface area contributed by atoms with Crippen LogP contribution in [0, 0.1) is 0 Å². The molecule has 0 amide bonds. The van der Waals surface area contributed by atoms with Crippen LogP contribution in [0.5, 0.6) is 0 Å². The first kappa shape index (κ1) is 35.6. The highest BCUT2D eigenvalue weighted by molar-refractivity contribution is 7.25. The van der Waals surface area contributed by atoms with E-state index in [4.69, 9.17) is 4.42 Å². The molecule has 2 nitrogen and oxygen atoms in total. The molecular formula is C61H37NOS.